The molecule has 0 bridgehead atoms. The molecule has 0 saturated carbocycles. The molecule has 4 aromatic rings. The maximum Gasteiger partial charge on any atom is 0.236 e. The topological polar surface area (TPSA) is 66.7 Å². The molecule has 6 nitrogen and oxygen atoms in total. The van der Waals surface area contributed by atoms with E-state index < -0.39 is 9.84 Å². The maximum atomic E-state index is 13.7. The third-order valence-corrected chi connectivity index (χ3v) is 8.11. The fraction of sp³-hybridized carbons (Fsp3) is 0.222. The molecule has 0 aliphatic carbocycles. The highest BCUT2D eigenvalue weighted by Gasteiger charge is 2.33. The van der Waals surface area contributed by atoms with Gasteiger partial charge in [0.2, 0.25) is 26.6 Å². The molecule has 3 aromatic carbocycles. The van der Waals surface area contributed by atoms with Crippen LogP contribution in [-0.2, 0) is 9.84 Å². The third kappa shape index (κ3) is 4.79. The summed E-state index contributed by atoms with van der Waals surface area (Å²) in [6.45, 7) is 6.50. The Morgan fingerprint density at radius 3 is 2.06 bits per heavy atom. The number of halogens is 1. The Bertz CT molecular complexity index is 1440. The summed E-state index contributed by atoms with van der Waals surface area (Å²) >= 11 is 6.17. The van der Waals surface area contributed by atoms with Crippen LogP contribution in [0.15, 0.2) is 87.1 Å². The molecule has 1 saturated heterocycles. The number of benzene rings is 3. The molecule has 0 unspecified atom stereocenters. The molecule has 0 amide bonds. The SMILES string of the molecule is Cc1ccc(-c2nc(S(=O)(=O)c3ccc(C)cc3)c(N3CCN(c4cccc(Cl)c4)CC3)o2)cc1. The molecule has 0 spiro atoms. The second-order valence-electron chi connectivity index (χ2n) is 8.77. The monoisotopic (exact) mass is 507 g/mol. The van der Waals surface area contributed by atoms with Gasteiger partial charge in [0.15, 0.2) is 0 Å². The zero-order valence-corrected chi connectivity index (χ0v) is 21.2. The summed E-state index contributed by atoms with van der Waals surface area (Å²) < 4.78 is 33.5. The molecule has 0 N–H and O–H groups in total. The Balaban J connectivity index is 1.51. The van der Waals surface area contributed by atoms with Gasteiger partial charge in [0.1, 0.15) is 0 Å². The van der Waals surface area contributed by atoms with E-state index >= 15 is 0 Å². The van der Waals surface area contributed by atoms with Crippen LogP contribution in [0.5, 0.6) is 0 Å². The fourth-order valence-corrected chi connectivity index (χ4v) is 5.67. The van der Waals surface area contributed by atoms with E-state index in [-0.39, 0.29) is 15.8 Å². The van der Waals surface area contributed by atoms with Crippen molar-refractivity contribution in [2.45, 2.75) is 23.8 Å². The predicted molar refractivity (Wildman–Crippen MR) is 139 cm³/mol. The van der Waals surface area contributed by atoms with E-state index in [0.29, 0.717) is 37.1 Å². The van der Waals surface area contributed by atoms with E-state index in [1.165, 1.54) is 0 Å². The molecule has 0 atom stereocenters. The van der Waals surface area contributed by atoms with Crippen LogP contribution < -0.4 is 9.80 Å². The maximum absolute atomic E-state index is 13.7. The van der Waals surface area contributed by atoms with Crippen LogP contribution in [0.3, 0.4) is 0 Å². The lowest BCUT2D eigenvalue weighted by Gasteiger charge is -2.36. The quantitative estimate of drug-likeness (QED) is 0.341. The molecule has 35 heavy (non-hydrogen) atoms. The molecule has 2 heterocycles. The van der Waals surface area contributed by atoms with E-state index in [2.05, 4.69) is 9.88 Å². The molecule has 0 radical (unpaired) electrons. The lowest BCUT2D eigenvalue weighted by atomic mass is 10.1. The zero-order valence-electron chi connectivity index (χ0n) is 19.6. The normalized spacial score (nSPS) is 14.4. The van der Waals surface area contributed by atoms with Crippen molar-refractivity contribution in [3.8, 4) is 11.5 Å². The number of rotatable bonds is 5. The number of anilines is 2. The van der Waals surface area contributed by atoms with Crippen molar-refractivity contribution < 1.29 is 12.8 Å². The van der Waals surface area contributed by atoms with Crippen molar-refractivity contribution in [1.82, 2.24) is 4.98 Å². The number of hydrogen-bond acceptors (Lipinski definition) is 6. The first kappa shape index (κ1) is 23.5. The molecule has 1 aliphatic rings. The predicted octanol–water partition coefficient (Wildman–Crippen LogP) is 5.77. The van der Waals surface area contributed by atoms with Crippen LogP contribution in [0.25, 0.3) is 11.5 Å². The number of aryl methyl sites for hydroxylation is 2. The minimum Gasteiger partial charge on any atom is -0.419 e. The largest absolute Gasteiger partial charge is 0.419 e. The summed E-state index contributed by atoms with van der Waals surface area (Å²) in [7, 11) is -3.88. The van der Waals surface area contributed by atoms with Crippen LogP contribution in [0.2, 0.25) is 5.02 Å². The second kappa shape index (κ2) is 9.40. The van der Waals surface area contributed by atoms with Crippen LogP contribution in [0.1, 0.15) is 11.1 Å². The standard InChI is InChI=1S/C27H26ClN3O3S/c1-19-6-10-21(11-7-19)25-29-26(35(32,33)24-12-8-20(2)9-13-24)27(34-25)31-16-14-30(15-17-31)23-5-3-4-22(28)18-23/h3-13,18H,14-17H2,1-2H3. The second-order valence-corrected chi connectivity index (χ2v) is 11.1. The molecular formula is C27H26ClN3O3S. The highest BCUT2D eigenvalue weighted by Crippen LogP contribution is 2.35. The first-order valence-corrected chi connectivity index (χ1v) is 13.3. The van der Waals surface area contributed by atoms with Gasteiger partial charge in [-0.25, -0.2) is 8.42 Å². The molecule has 1 aromatic heterocycles. The number of oxazole rings is 1. The van der Waals surface area contributed by atoms with Gasteiger partial charge in [0, 0.05) is 42.5 Å². The van der Waals surface area contributed by atoms with Crippen molar-refractivity contribution in [2.24, 2.45) is 0 Å². The Kier molecular flexibility index (Phi) is 6.30. The number of nitrogens with zero attached hydrogens (tertiary/aromatic N) is 3. The van der Waals surface area contributed by atoms with Crippen LogP contribution in [0.4, 0.5) is 11.6 Å². The molecule has 1 aliphatic heterocycles. The summed E-state index contributed by atoms with van der Waals surface area (Å²) in [4.78, 5) is 8.91. The Morgan fingerprint density at radius 1 is 0.829 bits per heavy atom. The van der Waals surface area contributed by atoms with Gasteiger partial charge in [0.25, 0.3) is 0 Å². The molecule has 8 heteroatoms. The summed E-state index contributed by atoms with van der Waals surface area (Å²) in [5, 5.41) is 0.641. The lowest BCUT2D eigenvalue weighted by molar-refractivity contribution is 0.525. The van der Waals surface area contributed by atoms with Crippen LogP contribution in [-0.4, -0.2) is 39.6 Å². The van der Waals surface area contributed by atoms with E-state index in [4.69, 9.17) is 16.0 Å². The Labute approximate surface area is 210 Å². The number of aromatic nitrogens is 1. The van der Waals surface area contributed by atoms with E-state index in [1.54, 1.807) is 24.3 Å². The van der Waals surface area contributed by atoms with Gasteiger partial charge < -0.3 is 14.2 Å². The van der Waals surface area contributed by atoms with Gasteiger partial charge >= 0.3 is 0 Å². The molecule has 5 rings (SSSR count). The minimum atomic E-state index is -3.88. The molecule has 1 fully saturated rings. The van der Waals surface area contributed by atoms with Gasteiger partial charge in [-0.3, -0.25) is 0 Å². The lowest BCUT2D eigenvalue weighted by Crippen LogP contribution is -2.46. The zero-order chi connectivity index (χ0) is 24.6. The summed E-state index contributed by atoms with van der Waals surface area (Å²) in [5.41, 5.74) is 3.87. The van der Waals surface area contributed by atoms with Crippen molar-refractivity contribution in [1.29, 1.82) is 0 Å². The van der Waals surface area contributed by atoms with Gasteiger partial charge in [-0.15, -0.1) is 0 Å². The van der Waals surface area contributed by atoms with Gasteiger partial charge in [-0.2, -0.15) is 4.98 Å². The fourth-order valence-electron chi connectivity index (χ4n) is 4.16. The van der Waals surface area contributed by atoms with Crippen molar-refractivity contribution in [3.05, 3.63) is 88.9 Å². The van der Waals surface area contributed by atoms with Crippen molar-refractivity contribution in [3.63, 3.8) is 0 Å². The molecule has 180 valence electrons. The Morgan fingerprint density at radius 2 is 1.43 bits per heavy atom. The van der Waals surface area contributed by atoms with E-state index in [0.717, 1.165) is 22.4 Å². The first-order valence-electron chi connectivity index (χ1n) is 11.5. The van der Waals surface area contributed by atoms with Crippen LogP contribution in [0, 0.1) is 13.8 Å². The Hall–Kier alpha value is -3.29. The van der Waals surface area contributed by atoms with Crippen molar-refractivity contribution in [2.75, 3.05) is 36.0 Å². The van der Waals surface area contributed by atoms with Gasteiger partial charge in [-0.1, -0.05) is 53.1 Å². The van der Waals surface area contributed by atoms with Crippen molar-refractivity contribution >= 4 is 33.0 Å². The number of hydrogen-bond donors (Lipinski definition) is 0. The highest BCUT2D eigenvalue weighted by molar-refractivity contribution is 7.91. The summed E-state index contributed by atoms with van der Waals surface area (Å²) in [6.07, 6.45) is 0. The van der Waals surface area contributed by atoms with Gasteiger partial charge in [-0.05, 0) is 56.3 Å². The third-order valence-electron chi connectivity index (χ3n) is 6.20. The number of sulfone groups is 1. The summed E-state index contributed by atoms with van der Waals surface area (Å²) in [6, 6.07) is 22.3. The van der Waals surface area contributed by atoms with E-state index in [9.17, 15) is 8.42 Å². The van der Waals surface area contributed by atoms with Gasteiger partial charge in [0.05, 0.1) is 4.90 Å². The highest BCUT2D eigenvalue weighted by atomic mass is 35.5. The number of piperazine rings is 1. The molecular weight excluding hydrogens is 482 g/mol. The smallest absolute Gasteiger partial charge is 0.236 e. The summed E-state index contributed by atoms with van der Waals surface area (Å²) in [5.74, 6) is 0.579. The average Bonchev–Trinajstić information content (AvgIpc) is 3.31. The minimum absolute atomic E-state index is 0.0480. The average molecular weight is 508 g/mol. The van der Waals surface area contributed by atoms with Crippen LogP contribution >= 0.6 is 11.6 Å². The van der Waals surface area contributed by atoms with E-state index in [1.807, 2.05) is 67.3 Å². The first-order chi connectivity index (χ1) is 16.8.